The fraction of sp³-hybridized carbons (Fsp3) is 0.538. The van der Waals surface area contributed by atoms with Gasteiger partial charge < -0.3 is 9.47 Å². The lowest BCUT2D eigenvalue weighted by atomic mass is 10.1. The SMILES string of the molecule is CC(OC1CCOCC1)c1cccc(Br)c1. The average molecular weight is 285 g/mol. The van der Waals surface area contributed by atoms with Gasteiger partial charge in [-0.15, -0.1) is 0 Å². The van der Waals surface area contributed by atoms with Crippen molar-refractivity contribution < 1.29 is 9.47 Å². The van der Waals surface area contributed by atoms with E-state index < -0.39 is 0 Å². The van der Waals surface area contributed by atoms with Gasteiger partial charge in [-0.2, -0.15) is 0 Å². The number of benzene rings is 1. The van der Waals surface area contributed by atoms with Crippen LogP contribution in [0.4, 0.5) is 0 Å². The van der Waals surface area contributed by atoms with Crippen LogP contribution in [0.1, 0.15) is 31.4 Å². The van der Waals surface area contributed by atoms with E-state index in [1.165, 1.54) is 5.56 Å². The summed E-state index contributed by atoms with van der Waals surface area (Å²) in [4.78, 5) is 0. The molecule has 1 fully saturated rings. The molecular formula is C13H17BrO2. The summed E-state index contributed by atoms with van der Waals surface area (Å²) in [7, 11) is 0. The molecule has 1 saturated heterocycles. The van der Waals surface area contributed by atoms with Crippen LogP contribution in [0.2, 0.25) is 0 Å². The zero-order valence-electron chi connectivity index (χ0n) is 9.49. The quantitative estimate of drug-likeness (QED) is 0.843. The van der Waals surface area contributed by atoms with Crippen LogP contribution in [-0.4, -0.2) is 19.3 Å². The fourth-order valence-electron chi connectivity index (χ4n) is 1.94. The summed E-state index contributed by atoms with van der Waals surface area (Å²) in [5.74, 6) is 0. The minimum atomic E-state index is 0.153. The van der Waals surface area contributed by atoms with Crippen LogP contribution >= 0.6 is 15.9 Å². The number of ether oxygens (including phenoxy) is 2. The highest BCUT2D eigenvalue weighted by molar-refractivity contribution is 9.10. The highest BCUT2D eigenvalue weighted by Crippen LogP contribution is 2.24. The molecule has 1 aliphatic rings. The Morgan fingerprint density at radius 1 is 1.38 bits per heavy atom. The van der Waals surface area contributed by atoms with Crippen molar-refractivity contribution >= 4 is 15.9 Å². The molecule has 0 saturated carbocycles. The van der Waals surface area contributed by atoms with Gasteiger partial charge in [-0.1, -0.05) is 28.1 Å². The molecule has 0 N–H and O–H groups in total. The van der Waals surface area contributed by atoms with Crippen molar-refractivity contribution in [1.29, 1.82) is 0 Å². The van der Waals surface area contributed by atoms with Crippen molar-refractivity contribution in [2.45, 2.75) is 32.0 Å². The van der Waals surface area contributed by atoms with Crippen LogP contribution in [0.15, 0.2) is 28.7 Å². The van der Waals surface area contributed by atoms with Gasteiger partial charge in [0.15, 0.2) is 0 Å². The molecule has 0 aliphatic carbocycles. The first-order valence-electron chi connectivity index (χ1n) is 5.74. The van der Waals surface area contributed by atoms with Crippen molar-refractivity contribution in [3.8, 4) is 0 Å². The second-order valence-corrected chi connectivity index (χ2v) is 5.06. The summed E-state index contributed by atoms with van der Waals surface area (Å²) >= 11 is 3.48. The molecule has 1 atom stereocenters. The standard InChI is InChI=1S/C13H17BrO2/c1-10(11-3-2-4-12(14)9-11)16-13-5-7-15-8-6-13/h2-4,9-10,13H,5-8H2,1H3. The molecule has 1 aromatic rings. The molecule has 0 aromatic heterocycles. The Bertz CT molecular complexity index is 334. The van der Waals surface area contributed by atoms with Crippen LogP contribution in [0.5, 0.6) is 0 Å². The highest BCUT2D eigenvalue weighted by Gasteiger charge is 2.17. The Morgan fingerprint density at radius 2 is 2.12 bits per heavy atom. The predicted molar refractivity (Wildman–Crippen MR) is 67.5 cm³/mol. The van der Waals surface area contributed by atoms with Crippen LogP contribution in [0, 0.1) is 0 Å². The maximum Gasteiger partial charge on any atom is 0.0801 e. The van der Waals surface area contributed by atoms with Crippen molar-refractivity contribution in [2.75, 3.05) is 13.2 Å². The van der Waals surface area contributed by atoms with Crippen molar-refractivity contribution in [3.05, 3.63) is 34.3 Å². The Morgan fingerprint density at radius 3 is 2.81 bits per heavy atom. The van der Waals surface area contributed by atoms with Gasteiger partial charge in [0.2, 0.25) is 0 Å². The van der Waals surface area contributed by atoms with Crippen LogP contribution in [-0.2, 0) is 9.47 Å². The minimum Gasteiger partial charge on any atom is -0.381 e. The molecule has 1 unspecified atom stereocenters. The third-order valence-corrected chi connectivity index (χ3v) is 3.38. The molecule has 2 nitrogen and oxygen atoms in total. The Labute approximate surface area is 105 Å². The first kappa shape index (κ1) is 12.1. The molecule has 1 heterocycles. The lowest BCUT2D eigenvalue weighted by molar-refractivity contribution is -0.0636. The van der Waals surface area contributed by atoms with E-state index in [9.17, 15) is 0 Å². The Kier molecular flexibility index (Phi) is 4.38. The van der Waals surface area contributed by atoms with E-state index in [-0.39, 0.29) is 6.10 Å². The van der Waals surface area contributed by atoms with Crippen LogP contribution in [0.3, 0.4) is 0 Å². The molecule has 0 amide bonds. The van der Waals surface area contributed by atoms with Crippen molar-refractivity contribution in [1.82, 2.24) is 0 Å². The summed E-state index contributed by atoms with van der Waals surface area (Å²) in [5, 5.41) is 0. The molecule has 0 bridgehead atoms. The van der Waals surface area contributed by atoms with E-state index in [0.717, 1.165) is 30.5 Å². The smallest absolute Gasteiger partial charge is 0.0801 e. The molecule has 3 heteroatoms. The van der Waals surface area contributed by atoms with Gasteiger partial charge in [0.1, 0.15) is 0 Å². The first-order valence-corrected chi connectivity index (χ1v) is 6.53. The van der Waals surface area contributed by atoms with E-state index in [2.05, 4.69) is 35.0 Å². The monoisotopic (exact) mass is 284 g/mol. The van der Waals surface area contributed by atoms with E-state index in [1.54, 1.807) is 0 Å². The maximum atomic E-state index is 6.03. The zero-order chi connectivity index (χ0) is 11.4. The Hall–Kier alpha value is -0.380. The summed E-state index contributed by atoms with van der Waals surface area (Å²) in [6.45, 7) is 3.77. The average Bonchev–Trinajstić information content (AvgIpc) is 2.30. The summed E-state index contributed by atoms with van der Waals surface area (Å²) in [5.41, 5.74) is 1.22. The summed E-state index contributed by atoms with van der Waals surface area (Å²) in [6.07, 6.45) is 2.53. The molecule has 2 rings (SSSR count). The lowest BCUT2D eigenvalue weighted by Gasteiger charge is -2.26. The van der Waals surface area contributed by atoms with Crippen LogP contribution < -0.4 is 0 Å². The lowest BCUT2D eigenvalue weighted by Crippen LogP contribution is -2.24. The Balaban J connectivity index is 1.94. The predicted octanol–water partition coefficient (Wildman–Crippen LogP) is 3.71. The van der Waals surface area contributed by atoms with E-state index in [0.29, 0.717) is 6.10 Å². The molecule has 88 valence electrons. The molecular weight excluding hydrogens is 268 g/mol. The minimum absolute atomic E-state index is 0.153. The molecule has 1 aliphatic heterocycles. The zero-order valence-corrected chi connectivity index (χ0v) is 11.1. The number of rotatable bonds is 3. The third-order valence-electron chi connectivity index (χ3n) is 2.88. The van der Waals surface area contributed by atoms with Gasteiger partial charge in [-0.05, 0) is 37.5 Å². The summed E-state index contributed by atoms with van der Waals surface area (Å²) < 4.78 is 12.5. The van der Waals surface area contributed by atoms with Gasteiger partial charge in [0, 0.05) is 17.7 Å². The van der Waals surface area contributed by atoms with E-state index in [4.69, 9.17) is 9.47 Å². The van der Waals surface area contributed by atoms with Gasteiger partial charge in [0.05, 0.1) is 12.2 Å². The van der Waals surface area contributed by atoms with Gasteiger partial charge >= 0.3 is 0 Å². The normalized spacial score (nSPS) is 19.6. The van der Waals surface area contributed by atoms with Gasteiger partial charge in [0.25, 0.3) is 0 Å². The third kappa shape index (κ3) is 3.30. The van der Waals surface area contributed by atoms with Gasteiger partial charge in [-0.3, -0.25) is 0 Å². The first-order chi connectivity index (χ1) is 7.75. The molecule has 0 radical (unpaired) electrons. The number of hydrogen-bond donors (Lipinski definition) is 0. The summed E-state index contributed by atoms with van der Waals surface area (Å²) in [6, 6.07) is 8.30. The fourth-order valence-corrected chi connectivity index (χ4v) is 2.36. The number of hydrogen-bond acceptors (Lipinski definition) is 2. The van der Waals surface area contributed by atoms with Crippen molar-refractivity contribution in [3.63, 3.8) is 0 Å². The van der Waals surface area contributed by atoms with E-state index in [1.807, 2.05) is 12.1 Å². The number of halogens is 1. The maximum absolute atomic E-state index is 6.03. The molecule has 0 spiro atoms. The topological polar surface area (TPSA) is 18.5 Å². The molecule has 16 heavy (non-hydrogen) atoms. The van der Waals surface area contributed by atoms with Crippen LogP contribution in [0.25, 0.3) is 0 Å². The second-order valence-electron chi connectivity index (χ2n) is 4.15. The second kappa shape index (κ2) is 5.80. The molecule has 1 aromatic carbocycles. The highest BCUT2D eigenvalue weighted by atomic mass is 79.9. The van der Waals surface area contributed by atoms with Gasteiger partial charge in [-0.25, -0.2) is 0 Å². The van der Waals surface area contributed by atoms with E-state index >= 15 is 0 Å². The largest absolute Gasteiger partial charge is 0.381 e. The van der Waals surface area contributed by atoms with Crippen molar-refractivity contribution in [2.24, 2.45) is 0 Å².